The largest absolute Gasteiger partial charge is 0.395 e. The predicted molar refractivity (Wildman–Crippen MR) is 66.6 cm³/mol. The van der Waals surface area contributed by atoms with E-state index in [2.05, 4.69) is 11.4 Å². The molecule has 1 aromatic rings. The number of aliphatic hydroxyl groups is 1. The zero-order valence-corrected chi connectivity index (χ0v) is 10.5. The lowest BCUT2D eigenvalue weighted by Crippen LogP contribution is -2.08. The molecular weight excluding hydrogens is 230 g/mol. The number of benzene rings is 1. The summed E-state index contributed by atoms with van der Waals surface area (Å²) >= 11 is 7.75. The van der Waals surface area contributed by atoms with Gasteiger partial charge in [-0.05, 0) is 18.7 Å². The zero-order chi connectivity index (χ0) is 11.3. The molecule has 1 rings (SSSR count). The fraction of sp³-hybridized carbons (Fsp3) is 0.455. The van der Waals surface area contributed by atoms with Crippen molar-refractivity contribution in [3.8, 4) is 0 Å². The molecule has 0 spiro atoms. The van der Waals surface area contributed by atoms with Gasteiger partial charge < -0.3 is 10.4 Å². The number of aliphatic hydroxyl groups excluding tert-OH is 1. The lowest BCUT2D eigenvalue weighted by Gasteiger charge is -2.13. The van der Waals surface area contributed by atoms with Gasteiger partial charge in [-0.1, -0.05) is 30.7 Å². The second-order valence-corrected chi connectivity index (χ2v) is 5.23. The standard InChI is InChI=1S/C11H16ClNOS/c1-8(7-14)15-11-9(6-13-2)4-3-5-10(11)12/h3-5,8,13-14H,6-7H2,1-2H3. The first kappa shape index (κ1) is 12.8. The van der Waals surface area contributed by atoms with Crippen LogP contribution in [0.3, 0.4) is 0 Å². The molecule has 1 unspecified atom stereocenters. The molecule has 4 heteroatoms. The number of hydrogen-bond donors (Lipinski definition) is 2. The first-order chi connectivity index (χ1) is 7.19. The van der Waals surface area contributed by atoms with Crippen molar-refractivity contribution in [1.29, 1.82) is 0 Å². The van der Waals surface area contributed by atoms with Crippen LogP contribution in [0.2, 0.25) is 5.02 Å². The Morgan fingerprint density at radius 3 is 2.87 bits per heavy atom. The van der Waals surface area contributed by atoms with Gasteiger partial charge in [0, 0.05) is 16.7 Å². The van der Waals surface area contributed by atoms with E-state index in [1.165, 1.54) is 5.56 Å². The summed E-state index contributed by atoms with van der Waals surface area (Å²) in [5.74, 6) is 0. The Kier molecular flexibility index (Phi) is 5.47. The Morgan fingerprint density at radius 2 is 2.27 bits per heavy atom. The molecule has 15 heavy (non-hydrogen) atoms. The van der Waals surface area contributed by atoms with E-state index in [4.69, 9.17) is 16.7 Å². The molecule has 0 amide bonds. The molecule has 0 saturated carbocycles. The Labute approximate surface area is 100 Å². The van der Waals surface area contributed by atoms with E-state index in [1.54, 1.807) is 11.8 Å². The molecule has 0 aliphatic heterocycles. The number of nitrogens with one attached hydrogen (secondary N) is 1. The second-order valence-electron chi connectivity index (χ2n) is 3.37. The van der Waals surface area contributed by atoms with Gasteiger partial charge in [-0.25, -0.2) is 0 Å². The first-order valence-corrected chi connectivity index (χ1v) is 6.14. The zero-order valence-electron chi connectivity index (χ0n) is 8.96. The minimum Gasteiger partial charge on any atom is -0.395 e. The lowest BCUT2D eigenvalue weighted by atomic mass is 10.2. The predicted octanol–water partition coefficient (Wildman–Crippen LogP) is 2.53. The van der Waals surface area contributed by atoms with Crippen LogP contribution in [0.25, 0.3) is 0 Å². The monoisotopic (exact) mass is 245 g/mol. The minimum atomic E-state index is 0.162. The van der Waals surface area contributed by atoms with Gasteiger partial charge in [0.1, 0.15) is 0 Å². The van der Waals surface area contributed by atoms with E-state index >= 15 is 0 Å². The average Bonchev–Trinajstić information content (AvgIpc) is 2.23. The van der Waals surface area contributed by atoms with Crippen LogP contribution in [0.5, 0.6) is 0 Å². The summed E-state index contributed by atoms with van der Waals surface area (Å²) in [7, 11) is 1.91. The number of rotatable bonds is 5. The quantitative estimate of drug-likeness (QED) is 0.782. The molecule has 0 heterocycles. The molecule has 1 aromatic carbocycles. The van der Waals surface area contributed by atoms with Crippen LogP contribution < -0.4 is 5.32 Å². The van der Waals surface area contributed by atoms with Gasteiger partial charge in [-0.15, -0.1) is 11.8 Å². The maximum atomic E-state index is 9.03. The molecule has 0 aliphatic carbocycles. The highest BCUT2D eigenvalue weighted by Crippen LogP contribution is 2.33. The van der Waals surface area contributed by atoms with Crippen LogP contribution in [0.4, 0.5) is 0 Å². The molecule has 1 atom stereocenters. The Morgan fingerprint density at radius 1 is 1.53 bits per heavy atom. The van der Waals surface area contributed by atoms with Gasteiger partial charge in [0.05, 0.1) is 11.6 Å². The maximum absolute atomic E-state index is 9.03. The van der Waals surface area contributed by atoms with Crippen LogP contribution >= 0.6 is 23.4 Å². The van der Waals surface area contributed by atoms with Gasteiger partial charge in [-0.3, -0.25) is 0 Å². The molecule has 0 bridgehead atoms. The average molecular weight is 246 g/mol. The van der Waals surface area contributed by atoms with E-state index in [1.807, 2.05) is 26.1 Å². The van der Waals surface area contributed by atoms with Crippen LogP contribution in [0.15, 0.2) is 23.1 Å². The summed E-state index contributed by atoms with van der Waals surface area (Å²) < 4.78 is 0. The molecular formula is C11H16ClNOS. The molecule has 2 N–H and O–H groups in total. The SMILES string of the molecule is CNCc1cccc(Cl)c1SC(C)CO. The first-order valence-electron chi connectivity index (χ1n) is 4.88. The minimum absolute atomic E-state index is 0.162. The lowest BCUT2D eigenvalue weighted by molar-refractivity contribution is 0.300. The van der Waals surface area contributed by atoms with Gasteiger partial charge in [0.15, 0.2) is 0 Å². The fourth-order valence-electron chi connectivity index (χ4n) is 1.25. The molecule has 84 valence electrons. The summed E-state index contributed by atoms with van der Waals surface area (Å²) in [6.45, 7) is 2.94. The third-order valence-corrected chi connectivity index (χ3v) is 3.69. The number of halogens is 1. The van der Waals surface area contributed by atoms with E-state index in [0.29, 0.717) is 0 Å². The normalized spacial score (nSPS) is 12.8. The van der Waals surface area contributed by atoms with Gasteiger partial charge >= 0.3 is 0 Å². The molecule has 0 fully saturated rings. The summed E-state index contributed by atoms with van der Waals surface area (Å²) in [5.41, 5.74) is 1.18. The van der Waals surface area contributed by atoms with Crippen molar-refractivity contribution in [3.05, 3.63) is 28.8 Å². The highest BCUT2D eigenvalue weighted by molar-refractivity contribution is 8.00. The molecule has 0 saturated heterocycles. The summed E-state index contributed by atoms with van der Waals surface area (Å²) in [6.07, 6.45) is 0. The second kappa shape index (κ2) is 6.38. The van der Waals surface area contributed by atoms with Crippen molar-refractivity contribution in [2.75, 3.05) is 13.7 Å². The molecule has 0 aliphatic rings. The van der Waals surface area contributed by atoms with Crippen molar-refractivity contribution in [2.24, 2.45) is 0 Å². The van der Waals surface area contributed by atoms with Gasteiger partial charge in [0.2, 0.25) is 0 Å². The number of hydrogen-bond acceptors (Lipinski definition) is 3. The Hall–Kier alpha value is -0.220. The smallest absolute Gasteiger partial charge is 0.0550 e. The summed E-state index contributed by atoms with van der Waals surface area (Å²) in [6, 6.07) is 5.88. The third kappa shape index (κ3) is 3.68. The van der Waals surface area contributed by atoms with Crippen molar-refractivity contribution in [3.63, 3.8) is 0 Å². The molecule has 0 radical (unpaired) electrons. The van der Waals surface area contributed by atoms with Crippen molar-refractivity contribution in [2.45, 2.75) is 23.6 Å². The Bertz CT molecular complexity index is 319. The third-order valence-electron chi connectivity index (χ3n) is 1.99. The van der Waals surface area contributed by atoms with E-state index in [0.717, 1.165) is 16.5 Å². The molecule has 2 nitrogen and oxygen atoms in total. The van der Waals surface area contributed by atoms with Crippen molar-refractivity contribution < 1.29 is 5.11 Å². The summed E-state index contributed by atoms with van der Waals surface area (Å²) in [4.78, 5) is 1.06. The van der Waals surface area contributed by atoms with Crippen molar-refractivity contribution >= 4 is 23.4 Å². The fourth-order valence-corrected chi connectivity index (χ4v) is 2.53. The van der Waals surface area contributed by atoms with Crippen molar-refractivity contribution in [1.82, 2.24) is 5.32 Å². The van der Waals surface area contributed by atoms with Crippen LogP contribution in [0, 0.1) is 0 Å². The van der Waals surface area contributed by atoms with Crippen LogP contribution in [0.1, 0.15) is 12.5 Å². The van der Waals surface area contributed by atoms with E-state index in [-0.39, 0.29) is 11.9 Å². The highest BCUT2D eigenvalue weighted by Gasteiger charge is 2.10. The van der Waals surface area contributed by atoms with Gasteiger partial charge in [-0.2, -0.15) is 0 Å². The highest BCUT2D eigenvalue weighted by atomic mass is 35.5. The number of thioether (sulfide) groups is 1. The van der Waals surface area contributed by atoms with E-state index in [9.17, 15) is 0 Å². The van der Waals surface area contributed by atoms with Crippen LogP contribution in [-0.4, -0.2) is 24.0 Å². The topological polar surface area (TPSA) is 32.3 Å². The maximum Gasteiger partial charge on any atom is 0.0550 e. The van der Waals surface area contributed by atoms with Crippen LogP contribution in [-0.2, 0) is 6.54 Å². The van der Waals surface area contributed by atoms with E-state index < -0.39 is 0 Å². The molecule has 0 aromatic heterocycles. The Balaban J connectivity index is 2.91. The summed E-state index contributed by atoms with van der Waals surface area (Å²) in [5, 5.41) is 13.1. The van der Waals surface area contributed by atoms with Gasteiger partial charge in [0.25, 0.3) is 0 Å².